The fourth-order valence-electron chi connectivity index (χ4n) is 0.930. The third kappa shape index (κ3) is 2.50. The van der Waals surface area contributed by atoms with Crippen LogP contribution < -0.4 is 0 Å². The third-order valence-corrected chi connectivity index (χ3v) is 2.41. The summed E-state index contributed by atoms with van der Waals surface area (Å²) in [7, 11) is 0. The van der Waals surface area contributed by atoms with Gasteiger partial charge in [0.2, 0.25) is 5.69 Å². The van der Waals surface area contributed by atoms with E-state index in [1.54, 1.807) is 0 Å². The molecule has 0 aliphatic carbocycles. The summed E-state index contributed by atoms with van der Waals surface area (Å²) in [6.07, 6.45) is -2.99. The highest BCUT2D eigenvalue weighted by atomic mass is 79.9. The van der Waals surface area contributed by atoms with Crippen LogP contribution in [0.3, 0.4) is 0 Å². The molecule has 0 aliphatic rings. The lowest BCUT2D eigenvalue weighted by Crippen LogP contribution is -2.05. The van der Waals surface area contributed by atoms with Gasteiger partial charge in [0.15, 0.2) is 0 Å². The minimum absolute atomic E-state index is 0.211. The average molecular weight is 315 g/mol. The fraction of sp³-hybridized carbons (Fsp3) is 0.143. The zero-order chi connectivity index (χ0) is 12.5. The first-order valence-corrected chi connectivity index (χ1v) is 4.84. The second-order valence-electron chi connectivity index (χ2n) is 2.56. The lowest BCUT2D eigenvalue weighted by atomic mass is 10.2. The molecule has 86 valence electrons. The molecule has 0 bridgehead atoms. The van der Waals surface area contributed by atoms with Crippen LogP contribution in [-0.4, -0.2) is 15.1 Å². The van der Waals surface area contributed by atoms with E-state index in [9.17, 15) is 23.7 Å². The quantitative estimate of drug-likeness (QED) is 0.488. The van der Waals surface area contributed by atoms with Gasteiger partial charge in [0.05, 0.1) is 4.47 Å². The van der Waals surface area contributed by atoms with Crippen LogP contribution in [0.25, 0.3) is 0 Å². The standard InChI is InChI=1S/C7H2BrClF2N2O3/c8-3-1-2(5(9)14)7(13(15)16)12-4(3)6(10)11/h1,6H. The average Bonchev–Trinajstić information content (AvgIpc) is 2.15. The number of halogens is 4. The van der Waals surface area contributed by atoms with Crippen LogP contribution in [0.2, 0.25) is 0 Å². The predicted octanol–water partition coefficient (Wildman–Crippen LogP) is 3.07. The molecule has 16 heavy (non-hydrogen) atoms. The highest BCUT2D eigenvalue weighted by Gasteiger charge is 2.28. The summed E-state index contributed by atoms with van der Waals surface area (Å²) < 4.78 is 24.5. The first-order valence-electron chi connectivity index (χ1n) is 3.67. The van der Waals surface area contributed by atoms with E-state index in [2.05, 4.69) is 20.9 Å². The number of alkyl halides is 2. The second-order valence-corrected chi connectivity index (χ2v) is 3.76. The first-order chi connectivity index (χ1) is 7.34. The highest BCUT2D eigenvalue weighted by Crippen LogP contribution is 2.30. The molecule has 0 N–H and O–H groups in total. The maximum absolute atomic E-state index is 12.4. The molecule has 0 radical (unpaired) electrons. The fourth-order valence-corrected chi connectivity index (χ4v) is 1.56. The summed E-state index contributed by atoms with van der Waals surface area (Å²) >= 11 is 7.79. The monoisotopic (exact) mass is 314 g/mol. The Balaban J connectivity index is 3.49. The van der Waals surface area contributed by atoms with E-state index in [-0.39, 0.29) is 4.47 Å². The number of pyridine rings is 1. The Bertz CT molecular complexity index is 469. The van der Waals surface area contributed by atoms with Crippen molar-refractivity contribution in [1.29, 1.82) is 0 Å². The van der Waals surface area contributed by atoms with Crippen molar-refractivity contribution in [3.05, 3.63) is 31.9 Å². The van der Waals surface area contributed by atoms with Gasteiger partial charge in [-0.05, 0) is 43.5 Å². The minimum Gasteiger partial charge on any atom is -0.358 e. The van der Waals surface area contributed by atoms with E-state index in [1.165, 1.54) is 0 Å². The van der Waals surface area contributed by atoms with Gasteiger partial charge in [0.1, 0.15) is 5.56 Å². The molecule has 0 unspecified atom stereocenters. The Morgan fingerprint density at radius 2 is 2.19 bits per heavy atom. The molecule has 1 aromatic heterocycles. The number of hydrogen-bond acceptors (Lipinski definition) is 4. The summed E-state index contributed by atoms with van der Waals surface area (Å²) in [6.45, 7) is 0. The van der Waals surface area contributed by atoms with Crippen molar-refractivity contribution >= 4 is 38.6 Å². The molecule has 5 nitrogen and oxygen atoms in total. The van der Waals surface area contributed by atoms with Crippen molar-refractivity contribution in [3.8, 4) is 0 Å². The number of carbonyl (C=O) groups is 1. The molecule has 0 saturated heterocycles. The van der Waals surface area contributed by atoms with Crippen molar-refractivity contribution in [2.24, 2.45) is 0 Å². The summed E-state index contributed by atoms with van der Waals surface area (Å²) in [6, 6.07) is 0.849. The molecule has 0 saturated carbocycles. The van der Waals surface area contributed by atoms with Gasteiger partial charge < -0.3 is 10.1 Å². The number of rotatable bonds is 3. The number of aromatic nitrogens is 1. The SMILES string of the molecule is O=C(Cl)c1cc(Br)c(C(F)F)nc1[N+](=O)[O-]. The molecule has 0 spiro atoms. The Hall–Kier alpha value is -1.15. The van der Waals surface area contributed by atoms with Crippen molar-refractivity contribution < 1.29 is 18.5 Å². The molecular weight excluding hydrogens is 313 g/mol. The van der Waals surface area contributed by atoms with Crippen LogP contribution in [0.5, 0.6) is 0 Å². The Morgan fingerprint density at radius 3 is 2.56 bits per heavy atom. The summed E-state index contributed by atoms with van der Waals surface area (Å²) in [5.41, 5.74) is -1.35. The molecule has 0 atom stereocenters. The normalized spacial score (nSPS) is 10.6. The van der Waals surface area contributed by atoms with Crippen LogP contribution in [0.1, 0.15) is 22.5 Å². The lowest BCUT2D eigenvalue weighted by molar-refractivity contribution is -0.390. The van der Waals surface area contributed by atoms with Gasteiger partial charge in [-0.15, -0.1) is 0 Å². The van der Waals surface area contributed by atoms with Crippen LogP contribution >= 0.6 is 27.5 Å². The van der Waals surface area contributed by atoms with E-state index in [4.69, 9.17) is 11.6 Å². The van der Waals surface area contributed by atoms with Crippen molar-refractivity contribution in [3.63, 3.8) is 0 Å². The summed E-state index contributed by atoms with van der Waals surface area (Å²) in [5.74, 6) is -0.987. The van der Waals surface area contributed by atoms with Gasteiger partial charge in [-0.2, -0.15) is 0 Å². The topological polar surface area (TPSA) is 73.1 Å². The van der Waals surface area contributed by atoms with E-state index in [0.717, 1.165) is 6.07 Å². The van der Waals surface area contributed by atoms with E-state index >= 15 is 0 Å². The number of carbonyl (C=O) groups excluding carboxylic acids is 1. The van der Waals surface area contributed by atoms with Crippen molar-refractivity contribution in [2.75, 3.05) is 0 Å². The van der Waals surface area contributed by atoms with Crippen molar-refractivity contribution in [2.45, 2.75) is 6.43 Å². The Kier molecular flexibility index (Phi) is 3.87. The number of nitro groups is 1. The predicted molar refractivity (Wildman–Crippen MR) is 53.7 cm³/mol. The first kappa shape index (κ1) is 12.9. The minimum atomic E-state index is -2.99. The zero-order valence-electron chi connectivity index (χ0n) is 7.29. The Morgan fingerprint density at radius 1 is 1.62 bits per heavy atom. The highest BCUT2D eigenvalue weighted by molar-refractivity contribution is 9.10. The lowest BCUT2D eigenvalue weighted by Gasteiger charge is -2.01. The second kappa shape index (κ2) is 4.79. The molecule has 1 aromatic rings. The molecule has 9 heteroatoms. The third-order valence-electron chi connectivity index (χ3n) is 1.57. The number of nitrogens with zero attached hydrogens (tertiary/aromatic N) is 2. The maximum Gasteiger partial charge on any atom is 0.376 e. The van der Waals surface area contributed by atoms with E-state index in [0.29, 0.717) is 0 Å². The molecule has 0 fully saturated rings. The van der Waals surface area contributed by atoms with Gasteiger partial charge in [-0.1, -0.05) is 0 Å². The molecule has 0 amide bonds. The number of hydrogen-bond donors (Lipinski definition) is 0. The van der Waals surface area contributed by atoms with E-state index in [1.807, 2.05) is 0 Å². The molecular formula is C7H2BrClF2N2O3. The largest absolute Gasteiger partial charge is 0.376 e. The van der Waals surface area contributed by atoms with Crippen LogP contribution in [-0.2, 0) is 0 Å². The smallest absolute Gasteiger partial charge is 0.358 e. The van der Waals surface area contributed by atoms with Gasteiger partial charge >= 0.3 is 12.2 Å². The Labute approximate surface area is 101 Å². The van der Waals surface area contributed by atoms with Gasteiger partial charge in [-0.3, -0.25) is 4.79 Å². The summed E-state index contributed by atoms with van der Waals surface area (Å²) in [4.78, 5) is 23.3. The molecule has 1 rings (SSSR count). The van der Waals surface area contributed by atoms with Gasteiger partial charge in [0, 0.05) is 0 Å². The molecule has 0 aromatic carbocycles. The van der Waals surface area contributed by atoms with Crippen LogP contribution in [0.4, 0.5) is 14.6 Å². The molecule has 1 heterocycles. The van der Waals surface area contributed by atoms with Gasteiger partial charge in [-0.25, -0.2) is 8.78 Å². The van der Waals surface area contributed by atoms with Crippen molar-refractivity contribution in [1.82, 2.24) is 4.98 Å². The maximum atomic E-state index is 12.4. The van der Waals surface area contributed by atoms with E-state index < -0.39 is 33.7 Å². The molecule has 0 aliphatic heterocycles. The summed E-state index contributed by atoms with van der Waals surface area (Å²) in [5, 5.41) is 9.35. The zero-order valence-corrected chi connectivity index (χ0v) is 9.63. The van der Waals surface area contributed by atoms with Crippen LogP contribution in [0, 0.1) is 10.1 Å². The van der Waals surface area contributed by atoms with Crippen LogP contribution in [0.15, 0.2) is 10.5 Å². The van der Waals surface area contributed by atoms with Gasteiger partial charge in [0.25, 0.3) is 5.24 Å².